The van der Waals surface area contributed by atoms with E-state index in [1.807, 2.05) is 6.07 Å². The molecule has 13 heavy (non-hydrogen) atoms. The maximum atomic E-state index is 11.5. The Labute approximate surface area is 90.5 Å². The second-order valence-corrected chi connectivity index (χ2v) is 4.39. The van der Waals surface area contributed by atoms with Crippen molar-refractivity contribution in [2.24, 2.45) is 0 Å². The summed E-state index contributed by atoms with van der Waals surface area (Å²) in [5, 5.41) is 9.15. The van der Waals surface area contributed by atoms with Gasteiger partial charge in [-0.25, -0.2) is 0 Å². The minimum Gasteiger partial charge on any atom is -0.392 e. The van der Waals surface area contributed by atoms with E-state index < -0.39 is 6.10 Å². The first-order chi connectivity index (χ1) is 6.00. The van der Waals surface area contributed by atoms with Crippen LogP contribution in [-0.2, 0) is 6.54 Å². The fraction of sp³-hybridized carbons (Fsp3) is 0.444. The summed E-state index contributed by atoms with van der Waals surface area (Å²) in [6.45, 7) is 3.81. The summed E-state index contributed by atoms with van der Waals surface area (Å²) in [6, 6.07) is 1.83. The second-order valence-electron chi connectivity index (χ2n) is 3.15. The number of pyridine rings is 1. The standard InChI is InChI=1S/C9H12INO2/c1-6-3-8(10)5-11(9(6)13)4-7(2)12/h3,5,7,12H,4H2,1-2H3. The van der Waals surface area contributed by atoms with Crippen LogP contribution in [0.5, 0.6) is 0 Å². The molecule has 0 aliphatic rings. The fourth-order valence-corrected chi connectivity index (χ4v) is 1.96. The average Bonchev–Trinajstić information content (AvgIpc) is 1.98. The number of nitrogens with zero attached hydrogens (tertiary/aromatic N) is 1. The molecule has 1 unspecified atom stereocenters. The molecule has 0 radical (unpaired) electrons. The van der Waals surface area contributed by atoms with Gasteiger partial charge in [0.15, 0.2) is 0 Å². The Bertz CT molecular complexity index is 357. The summed E-state index contributed by atoms with van der Waals surface area (Å²) in [5.74, 6) is 0. The summed E-state index contributed by atoms with van der Waals surface area (Å²) in [4.78, 5) is 11.5. The van der Waals surface area contributed by atoms with Gasteiger partial charge >= 0.3 is 0 Å². The highest BCUT2D eigenvalue weighted by atomic mass is 127. The van der Waals surface area contributed by atoms with Gasteiger partial charge in [0, 0.05) is 15.3 Å². The van der Waals surface area contributed by atoms with Crippen molar-refractivity contribution in [1.82, 2.24) is 4.57 Å². The molecule has 1 heterocycles. The number of rotatable bonds is 2. The van der Waals surface area contributed by atoms with E-state index >= 15 is 0 Å². The molecule has 0 aromatic carbocycles. The lowest BCUT2D eigenvalue weighted by Gasteiger charge is -2.09. The molecule has 0 aliphatic carbocycles. The van der Waals surface area contributed by atoms with E-state index in [4.69, 9.17) is 5.11 Å². The van der Waals surface area contributed by atoms with Gasteiger partial charge in [-0.05, 0) is 42.5 Å². The molecular formula is C9H12INO2. The molecule has 1 N–H and O–H groups in total. The molecule has 0 saturated heterocycles. The number of aliphatic hydroxyl groups excluding tert-OH is 1. The van der Waals surface area contributed by atoms with Gasteiger partial charge in [0.1, 0.15) is 0 Å². The van der Waals surface area contributed by atoms with E-state index in [1.165, 1.54) is 0 Å². The van der Waals surface area contributed by atoms with Crippen molar-refractivity contribution < 1.29 is 5.11 Å². The van der Waals surface area contributed by atoms with E-state index in [1.54, 1.807) is 24.6 Å². The Kier molecular flexibility index (Phi) is 3.49. The Morgan fingerprint density at radius 2 is 2.31 bits per heavy atom. The third kappa shape index (κ3) is 2.80. The Morgan fingerprint density at radius 3 is 2.85 bits per heavy atom. The summed E-state index contributed by atoms with van der Waals surface area (Å²) in [5.41, 5.74) is 0.689. The van der Waals surface area contributed by atoms with Crippen LogP contribution in [0.15, 0.2) is 17.1 Å². The third-order valence-corrected chi connectivity index (χ3v) is 2.28. The number of aromatic nitrogens is 1. The molecule has 1 atom stereocenters. The van der Waals surface area contributed by atoms with Gasteiger partial charge in [-0.2, -0.15) is 0 Å². The molecular weight excluding hydrogens is 281 g/mol. The van der Waals surface area contributed by atoms with Crippen LogP contribution in [0.2, 0.25) is 0 Å². The normalized spacial score (nSPS) is 12.9. The Balaban J connectivity index is 3.13. The minimum absolute atomic E-state index is 0.0266. The molecule has 4 heteroatoms. The highest BCUT2D eigenvalue weighted by Crippen LogP contribution is 2.03. The smallest absolute Gasteiger partial charge is 0.253 e. The zero-order chi connectivity index (χ0) is 10.0. The number of hydrogen-bond acceptors (Lipinski definition) is 2. The monoisotopic (exact) mass is 293 g/mol. The number of aryl methyl sites for hydroxylation is 1. The van der Waals surface area contributed by atoms with Crippen molar-refractivity contribution in [3.63, 3.8) is 0 Å². The molecule has 1 aromatic heterocycles. The lowest BCUT2D eigenvalue weighted by molar-refractivity contribution is 0.172. The van der Waals surface area contributed by atoms with Gasteiger partial charge in [-0.1, -0.05) is 0 Å². The van der Waals surface area contributed by atoms with Crippen molar-refractivity contribution in [3.8, 4) is 0 Å². The zero-order valence-electron chi connectivity index (χ0n) is 7.62. The summed E-state index contributed by atoms with van der Waals surface area (Å²) in [6.07, 6.45) is 1.26. The number of aliphatic hydroxyl groups is 1. The zero-order valence-corrected chi connectivity index (χ0v) is 9.78. The predicted octanol–water partition coefficient (Wildman–Crippen LogP) is 1.14. The van der Waals surface area contributed by atoms with Crippen LogP contribution in [0.4, 0.5) is 0 Å². The Morgan fingerprint density at radius 1 is 1.69 bits per heavy atom. The van der Waals surface area contributed by atoms with Crippen molar-refractivity contribution in [1.29, 1.82) is 0 Å². The molecule has 1 rings (SSSR count). The van der Waals surface area contributed by atoms with E-state index in [-0.39, 0.29) is 5.56 Å². The summed E-state index contributed by atoms with van der Waals surface area (Å²) >= 11 is 2.15. The molecule has 0 saturated carbocycles. The first-order valence-corrected chi connectivity index (χ1v) is 5.13. The van der Waals surface area contributed by atoms with Gasteiger partial charge < -0.3 is 9.67 Å². The summed E-state index contributed by atoms with van der Waals surface area (Å²) in [7, 11) is 0. The van der Waals surface area contributed by atoms with Gasteiger partial charge in [0.25, 0.3) is 5.56 Å². The topological polar surface area (TPSA) is 42.2 Å². The van der Waals surface area contributed by atoms with Crippen LogP contribution in [0.25, 0.3) is 0 Å². The van der Waals surface area contributed by atoms with E-state index in [9.17, 15) is 4.79 Å². The Hall–Kier alpha value is -0.360. The van der Waals surface area contributed by atoms with Crippen molar-refractivity contribution in [2.75, 3.05) is 0 Å². The van der Waals surface area contributed by atoms with Crippen LogP contribution in [0.1, 0.15) is 12.5 Å². The van der Waals surface area contributed by atoms with E-state index in [2.05, 4.69) is 22.6 Å². The first kappa shape index (κ1) is 10.7. The number of halogens is 1. The van der Waals surface area contributed by atoms with Crippen molar-refractivity contribution in [2.45, 2.75) is 26.5 Å². The molecule has 0 fully saturated rings. The van der Waals surface area contributed by atoms with Gasteiger partial charge in [0.2, 0.25) is 0 Å². The first-order valence-electron chi connectivity index (χ1n) is 4.05. The van der Waals surface area contributed by atoms with Crippen molar-refractivity contribution in [3.05, 3.63) is 31.8 Å². The lowest BCUT2D eigenvalue weighted by atomic mass is 10.3. The van der Waals surface area contributed by atoms with Crippen LogP contribution < -0.4 is 5.56 Å². The largest absolute Gasteiger partial charge is 0.392 e. The second kappa shape index (κ2) is 4.23. The average molecular weight is 293 g/mol. The van der Waals surface area contributed by atoms with E-state index in [0.29, 0.717) is 12.1 Å². The van der Waals surface area contributed by atoms with Crippen molar-refractivity contribution >= 4 is 22.6 Å². The highest BCUT2D eigenvalue weighted by molar-refractivity contribution is 14.1. The predicted molar refractivity (Wildman–Crippen MR) is 59.8 cm³/mol. The van der Waals surface area contributed by atoms with Crippen LogP contribution in [-0.4, -0.2) is 15.8 Å². The fourth-order valence-electron chi connectivity index (χ4n) is 1.16. The van der Waals surface area contributed by atoms with Gasteiger partial charge in [-0.15, -0.1) is 0 Å². The maximum absolute atomic E-state index is 11.5. The molecule has 1 aromatic rings. The van der Waals surface area contributed by atoms with Crippen LogP contribution in [0, 0.1) is 10.5 Å². The minimum atomic E-state index is -0.490. The van der Waals surface area contributed by atoms with Gasteiger partial charge in [0.05, 0.1) is 12.6 Å². The highest BCUT2D eigenvalue weighted by Gasteiger charge is 2.03. The molecule has 0 bridgehead atoms. The lowest BCUT2D eigenvalue weighted by Crippen LogP contribution is -2.26. The van der Waals surface area contributed by atoms with Crippen LogP contribution in [0.3, 0.4) is 0 Å². The molecule has 0 spiro atoms. The molecule has 72 valence electrons. The van der Waals surface area contributed by atoms with Crippen LogP contribution >= 0.6 is 22.6 Å². The molecule has 3 nitrogen and oxygen atoms in total. The number of hydrogen-bond donors (Lipinski definition) is 1. The maximum Gasteiger partial charge on any atom is 0.253 e. The molecule has 0 amide bonds. The van der Waals surface area contributed by atoms with E-state index in [0.717, 1.165) is 3.57 Å². The quantitative estimate of drug-likeness (QED) is 0.831. The third-order valence-electron chi connectivity index (χ3n) is 1.69. The molecule has 0 aliphatic heterocycles. The SMILES string of the molecule is Cc1cc(I)cn(CC(C)O)c1=O. The van der Waals surface area contributed by atoms with Gasteiger partial charge in [-0.3, -0.25) is 4.79 Å². The summed E-state index contributed by atoms with van der Waals surface area (Å²) < 4.78 is 2.55.